The molecule has 2 bridgehead atoms. The molecule has 4 heteroatoms. The van der Waals surface area contributed by atoms with Crippen molar-refractivity contribution in [3.8, 4) is 5.88 Å². The van der Waals surface area contributed by atoms with Crippen LogP contribution in [0.5, 0.6) is 5.88 Å². The minimum atomic E-state index is -1.02. The van der Waals surface area contributed by atoms with Crippen LogP contribution in [0.25, 0.3) is 0 Å². The molecule has 0 saturated heterocycles. The molecular formula is C20H23NO3. The molecule has 0 aromatic carbocycles. The van der Waals surface area contributed by atoms with Crippen LogP contribution in [0.1, 0.15) is 43.9 Å². The van der Waals surface area contributed by atoms with Gasteiger partial charge in [0.25, 0.3) is 0 Å². The number of methoxy groups -OCH3 is 1. The van der Waals surface area contributed by atoms with E-state index in [1.165, 1.54) is 0 Å². The largest absolute Gasteiger partial charge is 0.481 e. The number of fused-ring (bicyclic) bond motifs is 4. The zero-order valence-electron chi connectivity index (χ0n) is 14.4. The third kappa shape index (κ3) is 2.13. The van der Waals surface area contributed by atoms with Crippen molar-refractivity contribution in [2.45, 2.75) is 38.0 Å². The number of carboxylic acids is 1. The molecule has 2 aliphatic carbocycles. The molecule has 0 amide bonds. The Morgan fingerprint density at radius 2 is 2.29 bits per heavy atom. The maximum absolute atomic E-state index is 12.4. The van der Waals surface area contributed by atoms with Crippen LogP contribution in [0.2, 0.25) is 0 Å². The number of hydrogen-bond acceptors (Lipinski definition) is 3. The highest BCUT2D eigenvalue weighted by Crippen LogP contribution is 2.56. The van der Waals surface area contributed by atoms with Crippen LogP contribution in [0.3, 0.4) is 0 Å². The van der Waals surface area contributed by atoms with Gasteiger partial charge >= 0.3 is 5.97 Å². The molecule has 126 valence electrons. The fourth-order valence-corrected chi connectivity index (χ4v) is 4.42. The number of aliphatic carboxylic acids is 1. The average Bonchev–Trinajstić information content (AvgIpc) is 2.57. The molecule has 4 nitrogen and oxygen atoms in total. The molecule has 2 aliphatic rings. The number of pyridine rings is 1. The molecule has 3 unspecified atom stereocenters. The highest BCUT2D eigenvalue weighted by Gasteiger charge is 2.55. The van der Waals surface area contributed by atoms with E-state index < -0.39 is 11.4 Å². The maximum atomic E-state index is 12.4. The molecule has 0 saturated carbocycles. The Kier molecular flexibility index (Phi) is 4.08. The van der Waals surface area contributed by atoms with E-state index in [0.717, 1.165) is 28.8 Å². The van der Waals surface area contributed by atoms with E-state index in [1.54, 1.807) is 13.2 Å². The smallest absolute Gasteiger partial charge is 0.318 e. The predicted octanol–water partition coefficient (Wildman–Crippen LogP) is 4.00. The zero-order chi connectivity index (χ0) is 17.5. The summed E-state index contributed by atoms with van der Waals surface area (Å²) >= 11 is 0. The Bertz CT molecular complexity index is 762. The van der Waals surface area contributed by atoms with Gasteiger partial charge in [-0.25, -0.2) is 4.98 Å². The summed E-state index contributed by atoms with van der Waals surface area (Å²) in [6.07, 6.45) is 7.29. The standard InChI is InChI=1S/C20H23NO3/c1-5-7-13-14-10-12(3)11-20(19(22)23,15(14)6-2)16-8-9-17(24-4)21-18(13)16/h5-6,8-10,13-14H,1,7,11H2,2-4H3,(H,22,23)/b15-6+. The van der Waals surface area contributed by atoms with E-state index in [2.05, 4.69) is 17.6 Å². The molecule has 0 aliphatic heterocycles. The van der Waals surface area contributed by atoms with Crippen molar-refractivity contribution >= 4 is 5.97 Å². The maximum Gasteiger partial charge on any atom is 0.318 e. The van der Waals surface area contributed by atoms with Crippen LogP contribution in [-0.2, 0) is 10.2 Å². The van der Waals surface area contributed by atoms with Gasteiger partial charge in [-0.05, 0) is 37.8 Å². The average molecular weight is 325 g/mol. The number of carboxylic acid groups (broad SMARTS) is 1. The normalized spacial score (nSPS) is 29.6. The summed E-state index contributed by atoms with van der Waals surface area (Å²) in [5.74, 6) is -0.171. The number of aromatic nitrogens is 1. The lowest BCUT2D eigenvalue weighted by atomic mass is 9.54. The van der Waals surface area contributed by atoms with Gasteiger partial charge in [-0.1, -0.05) is 29.9 Å². The van der Waals surface area contributed by atoms with Gasteiger partial charge in [0.1, 0.15) is 5.41 Å². The van der Waals surface area contributed by atoms with E-state index in [-0.39, 0.29) is 11.8 Å². The predicted molar refractivity (Wildman–Crippen MR) is 93.3 cm³/mol. The second-order valence-corrected chi connectivity index (χ2v) is 6.59. The second kappa shape index (κ2) is 5.93. The first kappa shape index (κ1) is 16.5. The molecular weight excluding hydrogens is 302 g/mol. The first-order chi connectivity index (χ1) is 11.5. The number of hydrogen-bond donors (Lipinski definition) is 1. The van der Waals surface area contributed by atoms with E-state index in [0.29, 0.717) is 12.3 Å². The summed E-state index contributed by atoms with van der Waals surface area (Å²) in [6, 6.07) is 3.64. The number of carbonyl (C=O) groups is 1. The van der Waals surface area contributed by atoms with Crippen LogP contribution < -0.4 is 4.74 Å². The SMILES string of the molecule is C=CCC1c2nc(OC)ccc2C2(C(=O)O)CC(C)=CC1/C2=C\C. The van der Waals surface area contributed by atoms with Gasteiger partial charge in [0, 0.05) is 17.9 Å². The summed E-state index contributed by atoms with van der Waals surface area (Å²) in [4.78, 5) is 17.1. The fraction of sp³-hybridized carbons (Fsp3) is 0.400. The Labute approximate surface area is 142 Å². The Morgan fingerprint density at radius 1 is 1.54 bits per heavy atom. The van der Waals surface area contributed by atoms with Crippen molar-refractivity contribution in [1.29, 1.82) is 0 Å². The van der Waals surface area contributed by atoms with Gasteiger partial charge in [-0.2, -0.15) is 0 Å². The second-order valence-electron chi connectivity index (χ2n) is 6.59. The molecule has 1 aromatic rings. The molecule has 0 fully saturated rings. The molecule has 1 aromatic heterocycles. The first-order valence-electron chi connectivity index (χ1n) is 8.23. The quantitative estimate of drug-likeness (QED) is 0.850. The Morgan fingerprint density at radius 3 is 2.88 bits per heavy atom. The number of rotatable bonds is 4. The highest BCUT2D eigenvalue weighted by molar-refractivity contribution is 5.88. The van der Waals surface area contributed by atoms with Crippen molar-refractivity contribution in [2.75, 3.05) is 7.11 Å². The highest BCUT2D eigenvalue weighted by atomic mass is 16.5. The van der Waals surface area contributed by atoms with Crippen molar-refractivity contribution in [3.05, 3.63) is 59.3 Å². The van der Waals surface area contributed by atoms with E-state index in [9.17, 15) is 9.90 Å². The topological polar surface area (TPSA) is 59.4 Å². The summed E-state index contributed by atoms with van der Waals surface area (Å²) in [5.41, 5.74) is 2.68. The summed E-state index contributed by atoms with van der Waals surface area (Å²) < 4.78 is 5.28. The molecule has 0 radical (unpaired) electrons. The molecule has 24 heavy (non-hydrogen) atoms. The Balaban J connectivity index is 2.37. The zero-order valence-corrected chi connectivity index (χ0v) is 14.4. The van der Waals surface area contributed by atoms with Crippen molar-refractivity contribution < 1.29 is 14.6 Å². The minimum absolute atomic E-state index is 0.0324. The van der Waals surface area contributed by atoms with Crippen LogP contribution in [0.4, 0.5) is 0 Å². The number of ether oxygens (including phenoxy) is 1. The third-order valence-electron chi connectivity index (χ3n) is 5.31. The third-order valence-corrected chi connectivity index (χ3v) is 5.31. The van der Waals surface area contributed by atoms with Gasteiger partial charge < -0.3 is 9.84 Å². The molecule has 3 rings (SSSR count). The number of allylic oxidation sites excluding steroid dienone is 4. The molecule has 1 N–H and O–H groups in total. The first-order valence-corrected chi connectivity index (χ1v) is 8.23. The summed E-state index contributed by atoms with van der Waals surface area (Å²) in [7, 11) is 1.58. The van der Waals surface area contributed by atoms with E-state index in [1.807, 2.05) is 32.1 Å². The van der Waals surface area contributed by atoms with Crippen molar-refractivity contribution in [1.82, 2.24) is 4.98 Å². The van der Waals surface area contributed by atoms with Crippen molar-refractivity contribution in [2.24, 2.45) is 5.92 Å². The van der Waals surface area contributed by atoms with Gasteiger partial charge in [0.05, 0.1) is 12.8 Å². The Hall–Kier alpha value is -2.36. The molecule has 1 heterocycles. The lowest BCUT2D eigenvalue weighted by Gasteiger charge is -2.48. The van der Waals surface area contributed by atoms with Gasteiger partial charge in [0.2, 0.25) is 5.88 Å². The van der Waals surface area contributed by atoms with Crippen LogP contribution >= 0.6 is 0 Å². The van der Waals surface area contributed by atoms with E-state index in [4.69, 9.17) is 4.74 Å². The van der Waals surface area contributed by atoms with Crippen LogP contribution in [-0.4, -0.2) is 23.2 Å². The summed E-state index contributed by atoms with van der Waals surface area (Å²) in [5, 5.41) is 10.2. The van der Waals surface area contributed by atoms with Gasteiger partial charge in [0.15, 0.2) is 0 Å². The molecule has 3 atom stereocenters. The van der Waals surface area contributed by atoms with Crippen LogP contribution in [0.15, 0.2) is 48.1 Å². The minimum Gasteiger partial charge on any atom is -0.481 e. The lowest BCUT2D eigenvalue weighted by Crippen LogP contribution is -2.48. The monoisotopic (exact) mass is 325 g/mol. The number of nitrogens with zero attached hydrogens (tertiary/aromatic N) is 1. The molecule has 0 spiro atoms. The van der Waals surface area contributed by atoms with E-state index >= 15 is 0 Å². The van der Waals surface area contributed by atoms with Gasteiger partial charge in [-0.15, -0.1) is 6.58 Å². The van der Waals surface area contributed by atoms with Crippen molar-refractivity contribution in [3.63, 3.8) is 0 Å². The lowest BCUT2D eigenvalue weighted by molar-refractivity contribution is -0.143. The fourth-order valence-electron chi connectivity index (χ4n) is 4.42. The van der Waals surface area contributed by atoms with Gasteiger partial charge in [-0.3, -0.25) is 4.79 Å². The summed E-state index contributed by atoms with van der Waals surface area (Å²) in [6.45, 7) is 7.83. The van der Waals surface area contributed by atoms with Crippen LogP contribution in [0, 0.1) is 5.92 Å².